The Morgan fingerprint density at radius 3 is 2.24 bits per heavy atom. The summed E-state index contributed by atoms with van der Waals surface area (Å²) < 4.78 is 5.26. The van der Waals surface area contributed by atoms with Crippen molar-refractivity contribution in [2.24, 2.45) is 0 Å². The van der Waals surface area contributed by atoms with Crippen LogP contribution in [0, 0.1) is 0 Å². The number of rotatable bonds is 0. The fraction of sp³-hybridized carbons (Fsp3) is 0.400. The summed E-state index contributed by atoms with van der Waals surface area (Å²) in [6.45, 7) is 10.0. The van der Waals surface area contributed by atoms with Gasteiger partial charge in [-0.3, -0.25) is 0 Å². The molecule has 2 nitrogen and oxygen atoms in total. The van der Waals surface area contributed by atoms with Crippen molar-refractivity contribution in [2.75, 3.05) is 0 Å². The lowest BCUT2D eigenvalue weighted by Crippen LogP contribution is -2.21. The van der Waals surface area contributed by atoms with E-state index >= 15 is 0 Å². The minimum atomic E-state index is -0.235. The van der Waals surface area contributed by atoms with Crippen LogP contribution < -0.4 is 5.63 Å². The Morgan fingerprint density at radius 1 is 1.06 bits per heavy atom. The maximum absolute atomic E-state index is 11.7. The van der Waals surface area contributed by atoms with Crippen LogP contribution in [-0.2, 0) is 5.41 Å². The Balaban J connectivity index is 0.000000686. The lowest BCUT2D eigenvalue weighted by Gasteiger charge is -2.17. The highest BCUT2D eigenvalue weighted by molar-refractivity contribution is 5.76. The minimum absolute atomic E-state index is 0.176. The van der Waals surface area contributed by atoms with Crippen LogP contribution in [-0.4, -0.2) is 0 Å². The standard InChI is InChI=1S/C13H14O2.C2H6/c1-13(2,3)10-8-9-6-4-5-7-11(9)15-12(10)14;1-2/h4-8H,1-3H3;1-2H3. The normalized spacial score (nSPS) is 10.9. The van der Waals surface area contributed by atoms with Gasteiger partial charge in [-0.15, -0.1) is 0 Å². The van der Waals surface area contributed by atoms with Crippen molar-refractivity contribution in [3.05, 3.63) is 46.3 Å². The topological polar surface area (TPSA) is 30.2 Å². The Bertz CT molecular complexity index is 545. The van der Waals surface area contributed by atoms with Crippen molar-refractivity contribution >= 4 is 11.0 Å². The molecule has 2 aromatic rings. The highest BCUT2D eigenvalue weighted by atomic mass is 16.4. The number of benzene rings is 1. The van der Waals surface area contributed by atoms with Crippen LogP contribution in [0.3, 0.4) is 0 Å². The smallest absolute Gasteiger partial charge is 0.339 e. The first-order chi connectivity index (χ1) is 7.98. The van der Waals surface area contributed by atoms with E-state index in [0.29, 0.717) is 5.58 Å². The summed E-state index contributed by atoms with van der Waals surface area (Å²) in [5, 5.41) is 0.974. The molecule has 0 amide bonds. The van der Waals surface area contributed by atoms with E-state index in [0.717, 1.165) is 10.9 Å². The van der Waals surface area contributed by atoms with E-state index in [1.54, 1.807) is 0 Å². The maximum atomic E-state index is 11.7. The number of hydrogen-bond acceptors (Lipinski definition) is 2. The first kappa shape index (κ1) is 13.5. The van der Waals surface area contributed by atoms with E-state index in [1.165, 1.54) is 0 Å². The van der Waals surface area contributed by atoms with E-state index in [9.17, 15) is 4.79 Å². The molecule has 1 aromatic heterocycles. The SMILES string of the molecule is CC.CC(C)(C)c1cc2ccccc2oc1=O. The molecule has 0 spiro atoms. The van der Waals surface area contributed by atoms with Crippen LogP contribution in [0.15, 0.2) is 39.5 Å². The largest absolute Gasteiger partial charge is 0.423 e. The summed E-state index contributed by atoms with van der Waals surface area (Å²) in [6.07, 6.45) is 0. The fourth-order valence-electron chi connectivity index (χ4n) is 1.58. The molecule has 17 heavy (non-hydrogen) atoms. The van der Waals surface area contributed by atoms with Gasteiger partial charge in [-0.1, -0.05) is 52.8 Å². The van der Waals surface area contributed by atoms with E-state index < -0.39 is 0 Å². The third-order valence-corrected chi connectivity index (χ3v) is 2.45. The molecule has 2 rings (SSSR count). The first-order valence-corrected chi connectivity index (χ1v) is 6.02. The van der Waals surface area contributed by atoms with E-state index in [4.69, 9.17) is 4.42 Å². The molecule has 0 aliphatic carbocycles. The second-order valence-corrected chi connectivity index (χ2v) is 4.74. The fourth-order valence-corrected chi connectivity index (χ4v) is 1.58. The Hall–Kier alpha value is -1.57. The molecular weight excluding hydrogens is 212 g/mol. The second-order valence-electron chi connectivity index (χ2n) is 4.74. The molecule has 0 fully saturated rings. The second kappa shape index (κ2) is 5.17. The third kappa shape index (κ3) is 2.96. The van der Waals surface area contributed by atoms with Crippen molar-refractivity contribution in [3.8, 4) is 0 Å². The Labute approximate surface area is 102 Å². The summed E-state index contributed by atoms with van der Waals surface area (Å²) in [7, 11) is 0. The van der Waals surface area contributed by atoms with Gasteiger partial charge in [0.05, 0.1) is 0 Å². The van der Waals surface area contributed by atoms with Crippen LogP contribution in [0.1, 0.15) is 40.2 Å². The molecule has 1 heterocycles. The molecule has 0 atom stereocenters. The predicted octanol–water partition coefficient (Wildman–Crippen LogP) is 4.12. The van der Waals surface area contributed by atoms with Gasteiger partial charge in [0, 0.05) is 10.9 Å². The molecule has 0 unspecified atom stereocenters. The molecule has 0 N–H and O–H groups in total. The lowest BCUT2D eigenvalue weighted by atomic mass is 9.88. The van der Waals surface area contributed by atoms with Crippen LogP contribution in [0.25, 0.3) is 11.0 Å². The Kier molecular flexibility index (Phi) is 4.11. The Morgan fingerprint density at radius 2 is 1.65 bits per heavy atom. The van der Waals surface area contributed by atoms with Crippen molar-refractivity contribution in [1.29, 1.82) is 0 Å². The molecule has 0 aliphatic heterocycles. The van der Waals surface area contributed by atoms with E-state index in [-0.39, 0.29) is 11.0 Å². The predicted molar refractivity (Wildman–Crippen MR) is 72.5 cm³/mol. The van der Waals surface area contributed by atoms with Gasteiger partial charge in [0.25, 0.3) is 0 Å². The van der Waals surface area contributed by atoms with Crippen molar-refractivity contribution < 1.29 is 4.42 Å². The number of hydrogen-bond donors (Lipinski definition) is 0. The summed E-state index contributed by atoms with van der Waals surface area (Å²) in [5.74, 6) is 0. The van der Waals surface area contributed by atoms with Crippen molar-refractivity contribution in [2.45, 2.75) is 40.0 Å². The van der Waals surface area contributed by atoms with Gasteiger partial charge >= 0.3 is 5.63 Å². The zero-order valence-corrected chi connectivity index (χ0v) is 11.2. The summed E-state index contributed by atoms with van der Waals surface area (Å²) in [5.41, 5.74) is 0.961. The minimum Gasteiger partial charge on any atom is -0.423 e. The highest BCUT2D eigenvalue weighted by Gasteiger charge is 2.19. The molecule has 92 valence electrons. The van der Waals surface area contributed by atoms with Crippen LogP contribution in [0.4, 0.5) is 0 Å². The third-order valence-electron chi connectivity index (χ3n) is 2.45. The molecule has 0 radical (unpaired) electrons. The van der Waals surface area contributed by atoms with Gasteiger partial charge in [-0.2, -0.15) is 0 Å². The van der Waals surface area contributed by atoms with Crippen molar-refractivity contribution in [1.82, 2.24) is 0 Å². The first-order valence-electron chi connectivity index (χ1n) is 6.02. The van der Waals surface area contributed by atoms with Crippen LogP contribution >= 0.6 is 0 Å². The summed E-state index contributed by atoms with van der Waals surface area (Å²) in [4.78, 5) is 11.7. The number of para-hydroxylation sites is 1. The van der Waals surface area contributed by atoms with Crippen LogP contribution in [0.5, 0.6) is 0 Å². The average Bonchev–Trinajstić information content (AvgIpc) is 2.29. The number of fused-ring (bicyclic) bond motifs is 1. The molecule has 0 bridgehead atoms. The zero-order chi connectivity index (χ0) is 13.1. The molecule has 0 saturated carbocycles. The van der Waals surface area contributed by atoms with E-state index in [1.807, 2.05) is 65.0 Å². The molecule has 0 aliphatic rings. The van der Waals surface area contributed by atoms with Gasteiger partial charge in [-0.05, 0) is 17.5 Å². The zero-order valence-electron chi connectivity index (χ0n) is 11.2. The molecule has 0 saturated heterocycles. The summed E-state index contributed by atoms with van der Waals surface area (Å²) >= 11 is 0. The molecule has 1 aromatic carbocycles. The van der Waals surface area contributed by atoms with Gasteiger partial charge in [0.1, 0.15) is 5.58 Å². The van der Waals surface area contributed by atoms with Crippen LogP contribution in [0.2, 0.25) is 0 Å². The van der Waals surface area contributed by atoms with Crippen molar-refractivity contribution in [3.63, 3.8) is 0 Å². The van der Waals surface area contributed by atoms with Gasteiger partial charge < -0.3 is 4.42 Å². The maximum Gasteiger partial charge on any atom is 0.339 e. The molecular formula is C15H20O2. The monoisotopic (exact) mass is 232 g/mol. The summed E-state index contributed by atoms with van der Waals surface area (Å²) in [6, 6.07) is 9.48. The highest BCUT2D eigenvalue weighted by Crippen LogP contribution is 2.22. The van der Waals surface area contributed by atoms with Gasteiger partial charge in [0.2, 0.25) is 0 Å². The quantitative estimate of drug-likeness (QED) is 0.640. The van der Waals surface area contributed by atoms with Gasteiger partial charge in [0.15, 0.2) is 0 Å². The average molecular weight is 232 g/mol. The van der Waals surface area contributed by atoms with Gasteiger partial charge in [-0.25, -0.2) is 4.79 Å². The molecule has 2 heteroatoms. The van der Waals surface area contributed by atoms with E-state index in [2.05, 4.69) is 0 Å². The lowest BCUT2D eigenvalue weighted by molar-refractivity contribution is 0.502.